The smallest absolute Gasteiger partial charge is 0.462 e. The molecule has 0 radical (unpaired) electrons. The highest BCUT2D eigenvalue weighted by atomic mass is 19.4. The van der Waals surface area contributed by atoms with E-state index >= 15 is 0 Å². The lowest BCUT2D eigenvalue weighted by Crippen LogP contribution is -2.19. The predicted molar refractivity (Wildman–Crippen MR) is 51.3 cm³/mol. The van der Waals surface area contributed by atoms with Crippen molar-refractivity contribution < 1.29 is 27.4 Å². The maximum absolute atomic E-state index is 12.0. The minimum absolute atomic E-state index is 0.0959. The number of aromatic nitrogens is 1. The average Bonchev–Trinajstić information content (AvgIpc) is 2.19. The van der Waals surface area contributed by atoms with E-state index < -0.39 is 23.9 Å². The first-order valence-electron chi connectivity index (χ1n) is 4.52. The molecule has 0 bridgehead atoms. The van der Waals surface area contributed by atoms with E-state index in [0.717, 1.165) is 12.3 Å². The molecule has 1 aromatic rings. The second-order valence-electron chi connectivity index (χ2n) is 2.88. The van der Waals surface area contributed by atoms with Crippen molar-refractivity contribution in [3.63, 3.8) is 0 Å². The first-order chi connectivity index (χ1) is 7.83. The molecule has 94 valence electrons. The zero-order valence-electron chi connectivity index (χ0n) is 8.75. The molecule has 0 aliphatic carbocycles. The van der Waals surface area contributed by atoms with Crippen LogP contribution < -0.4 is 10.5 Å². The van der Waals surface area contributed by atoms with Gasteiger partial charge in [0, 0.05) is 12.3 Å². The number of carbonyl (C=O) groups excluding carboxylic acids is 1. The fourth-order valence-corrected chi connectivity index (χ4v) is 0.988. The first-order valence-corrected chi connectivity index (χ1v) is 4.52. The Morgan fingerprint density at radius 3 is 2.71 bits per heavy atom. The molecule has 17 heavy (non-hydrogen) atoms. The van der Waals surface area contributed by atoms with Gasteiger partial charge in [-0.15, -0.1) is 13.2 Å². The van der Waals surface area contributed by atoms with Crippen LogP contribution >= 0.6 is 0 Å². The lowest BCUT2D eigenvalue weighted by atomic mass is 10.2. The molecule has 2 N–H and O–H groups in total. The van der Waals surface area contributed by atoms with E-state index in [2.05, 4.69) is 14.5 Å². The van der Waals surface area contributed by atoms with Gasteiger partial charge >= 0.3 is 12.3 Å². The number of carbonyl (C=O) groups is 1. The van der Waals surface area contributed by atoms with Crippen LogP contribution in [-0.2, 0) is 4.74 Å². The molecule has 0 saturated heterocycles. The third-order valence-electron chi connectivity index (χ3n) is 1.62. The van der Waals surface area contributed by atoms with E-state index in [1.54, 1.807) is 6.92 Å². The zero-order valence-corrected chi connectivity index (χ0v) is 8.75. The fourth-order valence-electron chi connectivity index (χ4n) is 0.988. The number of nitrogens with two attached hydrogens (primary N) is 1. The second kappa shape index (κ2) is 4.89. The molecule has 8 heteroatoms. The molecule has 0 aliphatic rings. The van der Waals surface area contributed by atoms with Crippen molar-refractivity contribution >= 4 is 11.8 Å². The topological polar surface area (TPSA) is 74.4 Å². The van der Waals surface area contributed by atoms with Gasteiger partial charge in [0.2, 0.25) is 0 Å². The largest absolute Gasteiger partial charge is 0.573 e. The Labute approximate surface area is 94.3 Å². The van der Waals surface area contributed by atoms with Crippen LogP contribution in [0.2, 0.25) is 0 Å². The summed E-state index contributed by atoms with van der Waals surface area (Å²) in [5.74, 6) is -1.99. The van der Waals surface area contributed by atoms with Crippen LogP contribution in [0.5, 0.6) is 5.75 Å². The summed E-state index contributed by atoms with van der Waals surface area (Å²) in [6, 6.07) is 0.827. The van der Waals surface area contributed by atoms with Gasteiger partial charge in [0.15, 0.2) is 11.6 Å². The summed E-state index contributed by atoms with van der Waals surface area (Å²) < 4.78 is 44.1. The number of hydrogen-bond acceptors (Lipinski definition) is 5. The molecule has 0 fully saturated rings. The highest BCUT2D eigenvalue weighted by Gasteiger charge is 2.32. The van der Waals surface area contributed by atoms with E-state index in [9.17, 15) is 18.0 Å². The molecule has 0 unspecified atom stereocenters. The third kappa shape index (κ3) is 3.82. The van der Waals surface area contributed by atoms with Crippen molar-refractivity contribution in [2.24, 2.45) is 0 Å². The van der Waals surface area contributed by atoms with Crippen LogP contribution in [-0.4, -0.2) is 23.9 Å². The number of pyridine rings is 1. The van der Waals surface area contributed by atoms with Gasteiger partial charge in [0.25, 0.3) is 0 Å². The van der Waals surface area contributed by atoms with Crippen molar-refractivity contribution in [3.05, 3.63) is 17.8 Å². The highest BCUT2D eigenvalue weighted by molar-refractivity contribution is 5.89. The van der Waals surface area contributed by atoms with Gasteiger partial charge in [-0.3, -0.25) is 0 Å². The number of nitrogens with zero attached hydrogens (tertiary/aromatic N) is 1. The van der Waals surface area contributed by atoms with E-state index in [-0.39, 0.29) is 12.2 Å². The van der Waals surface area contributed by atoms with Crippen LogP contribution in [0.15, 0.2) is 12.3 Å². The minimum Gasteiger partial charge on any atom is -0.462 e. The van der Waals surface area contributed by atoms with E-state index in [4.69, 9.17) is 5.73 Å². The van der Waals surface area contributed by atoms with Crippen LogP contribution in [0.4, 0.5) is 19.0 Å². The van der Waals surface area contributed by atoms with Crippen LogP contribution in [0.3, 0.4) is 0 Å². The molecular formula is C9H9F3N2O3. The number of rotatable bonds is 3. The predicted octanol–water partition coefficient (Wildman–Crippen LogP) is 1.74. The summed E-state index contributed by atoms with van der Waals surface area (Å²) in [5.41, 5.74) is 5.02. The van der Waals surface area contributed by atoms with Crippen LogP contribution in [0, 0.1) is 0 Å². The summed E-state index contributed by atoms with van der Waals surface area (Å²) in [5, 5.41) is 0. The average molecular weight is 250 g/mol. The zero-order chi connectivity index (χ0) is 13.1. The quantitative estimate of drug-likeness (QED) is 0.827. The molecule has 1 rings (SSSR count). The van der Waals surface area contributed by atoms with Crippen molar-refractivity contribution in [2.45, 2.75) is 13.3 Å². The van der Waals surface area contributed by atoms with Crippen LogP contribution in [0.25, 0.3) is 0 Å². The monoisotopic (exact) mass is 250 g/mol. The first kappa shape index (κ1) is 13.1. The number of hydrogen-bond donors (Lipinski definition) is 1. The van der Waals surface area contributed by atoms with Crippen molar-refractivity contribution in [2.75, 3.05) is 12.3 Å². The molecule has 0 aromatic carbocycles. The number of halogens is 3. The Hall–Kier alpha value is -1.99. The number of anilines is 1. The summed E-state index contributed by atoms with van der Waals surface area (Å²) in [4.78, 5) is 14.7. The van der Waals surface area contributed by atoms with Gasteiger partial charge in [-0.2, -0.15) is 0 Å². The molecular weight excluding hydrogens is 241 g/mol. The third-order valence-corrected chi connectivity index (χ3v) is 1.62. The lowest BCUT2D eigenvalue weighted by molar-refractivity contribution is -0.274. The second-order valence-corrected chi connectivity index (χ2v) is 2.88. The summed E-state index contributed by atoms with van der Waals surface area (Å²) in [6.45, 7) is 1.66. The molecule has 1 heterocycles. The van der Waals surface area contributed by atoms with Crippen molar-refractivity contribution in [3.8, 4) is 5.75 Å². The number of nitrogen functional groups attached to an aromatic ring is 1. The molecule has 0 saturated carbocycles. The van der Waals surface area contributed by atoms with Gasteiger partial charge < -0.3 is 15.2 Å². The fraction of sp³-hybridized carbons (Fsp3) is 0.333. The summed E-state index contributed by atoms with van der Waals surface area (Å²) >= 11 is 0. The Morgan fingerprint density at radius 1 is 1.53 bits per heavy atom. The maximum Gasteiger partial charge on any atom is 0.573 e. The van der Waals surface area contributed by atoms with E-state index in [0.29, 0.717) is 0 Å². The Morgan fingerprint density at radius 2 is 2.18 bits per heavy atom. The van der Waals surface area contributed by atoms with Crippen LogP contribution in [0.1, 0.15) is 17.3 Å². The van der Waals surface area contributed by atoms with Gasteiger partial charge in [-0.25, -0.2) is 9.78 Å². The van der Waals surface area contributed by atoms with Gasteiger partial charge in [-0.05, 0) is 6.92 Å². The van der Waals surface area contributed by atoms with Gasteiger partial charge in [0.05, 0.1) is 12.2 Å². The number of ether oxygens (including phenoxy) is 2. The summed E-state index contributed by atoms with van der Waals surface area (Å²) in [7, 11) is 0. The van der Waals surface area contributed by atoms with Crippen molar-refractivity contribution in [1.82, 2.24) is 4.98 Å². The summed E-state index contributed by atoms with van der Waals surface area (Å²) in [6.07, 6.45) is -3.89. The standard InChI is InChI=1S/C9H9F3N2O3/c1-2-16-8(15)5-3-6(7(13)14-4-5)17-9(10,11)12/h3-4H,2H2,1H3,(H2,13,14). The van der Waals surface area contributed by atoms with E-state index in [1.165, 1.54) is 0 Å². The number of esters is 1. The lowest BCUT2D eigenvalue weighted by Gasteiger charge is -2.11. The Balaban J connectivity index is 2.98. The highest BCUT2D eigenvalue weighted by Crippen LogP contribution is 2.27. The molecule has 0 aliphatic heterocycles. The van der Waals surface area contributed by atoms with Crippen molar-refractivity contribution in [1.29, 1.82) is 0 Å². The maximum atomic E-state index is 12.0. The number of alkyl halides is 3. The Kier molecular flexibility index (Phi) is 3.77. The molecule has 0 atom stereocenters. The molecule has 5 nitrogen and oxygen atoms in total. The molecule has 0 spiro atoms. The Bertz CT molecular complexity index is 420. The molecule has 0 amide bonds. The normalized spacial score (nSPS) is 11.1. The molecule has 1 aromatic heterocycles. The van der Waals surface area contributed by atoms with Gasteiger partial charge in [0.1, 0.15) is 0 Å². The minimum atomic E-state index is -4.90. The SMILES string of the molecule is CCOC(=O)c1cnc(N)c(OC(F)(F)F)c1. The van der Waals surface area contributed by atoms with E-state index in [1.807, 2.05) is 0 Å². The van der Waals surface area contributed by atoms with Gasteiger partial charge in [-0.1, -0.05) is 0 Å².